The first-order valence-corrected chi connectivity index (χ1v) is 7.91. The average Bonchev–Trinajstić information content (AvgIpc) is 2.91. The van der Waals surface area contributed by atoms with Crippen LogP contribution >= 0.6 is 11.3 Å². The molecule has 3 nitrogen and oxygen atoms in total. The van der Waals surface area contributed by atoms with Gasteiger partial charge in [-0.2, -0.15) is 0 Å². The molecule has 1 aromatic rings. The highest BCUT2D eigenvalue weighted by molar-refractivity contribution is 7.10. The molecule has 4 heteroatoms. The third-order valence-corrected chi connectivity index (χ3v) is 5.24. The summed E-state index contributed by atoms with van der Waals surface area (Å²) in [6.45, 7) is 2.04. The second kappa shape index (κ2) is 6.06. The lowest BCUT2D eigenvalue weighted by molar-refractivity contribution is -0.138. The van der Waals surface area contributed by atoms with Gasteiger partial charge in [-0.3, -0.25) is 4.79 Å². The molecule has 1 aromatic heterocycles. The first kappa shape index (κ1) is 14.5. The molecule has 0 bridgehead atoms. The third-order valence-electron chi connectivity index (χ3n) is 4.19. The Kier molecular flexibility index (Phi) is 4.63. The van der Waals surface area contributed by atoms with E-state index in [0.29, 0.717) is 0 Å². The molecule has 1 N–H and O–H groups in total. The Morgan fingerprint density at radius 3 is 2.74 bits per heavy atom. The summed E-state index contributed by atoms with van der Waals surface area (Å²) in [6, 6.07) is 4.14. The van der Waals surface area contributed by atoms with E-state index in [0.717, 1.165) is 25.7 Å². The van der Waals surface area contributed by atoms with Crippen LogP contribution in [0.1, 0.15) is 56.4 Å². The average molecular weight is 281 g/mol. The Labute approximate surface area is 119 Å². The van der Waals surface area contributed by atoms with Gasteiger partial charge in [0.05, 0.1) is 18.1 Å². The zero-order chi connectivity index (χ0) is 13.9. The quantitative estimate of drug-likeness (QED) is 0.919. The van der Waals surface area contributed by atoms with E-state index >= 15 is 0 Å². The Hall–Kier alpha value is -0.870. The Bertz CT molecular complexity index is 410. The van der Waals surface area contributed by atoms with Crippen LogP contribution < -0.4 is 0 Å². The van der Waals surface area contributed by atoms with Crippen molar-refractivity contribution in [2.75, 3.05) is 7.05 Å². The maximum Gasteiger partial charge on any atom is 0.225 e. The van der Waals surface area contributed by atoms with E-state index in [1.54, 1.807) is 16.2 Å². The van der Waals surface area contributed by atoms with Crippen molar-refractivity contribution in [1.29, 1.82) is 0 Å². The van der Waals surface area contributed by atoms with Gasteiger partial charge in [-0.05, 0) is 31.2 Å². The van der Waals surface area contributed by atoms with Gasteiger partial charge >= 0.3 is 0 Å². The summed E-state index contributed by atoms with van der Waals surface area (Å²) < 4.78 is 0. The molecule has 106 valence electrons. The molecule has 1 unspecified atom stereocenters. The summed E-state index contributed by atoms with van der Waals surface area (Å²) in [7, 11) is 1.83. The first-order chi connectivity index (χ1) is 9.02. The van der Waals surface area contributed by atoms with Gasteiger partial charge in [0.15, 0.2) is 0 Å². The van der Waals surface area contributed by atoms with Gasteiger partial charge in [0.2, 0.25) is 5.91 Å². The number of carbonyl (C=O) groups is 1. The normalized spacial score (nSPS) is 19.9. The van der Waals surface area contributed by atoms with Crippen molar-refractivity contribution in [3.63, 3.8) is 0 Å². The Balaban J connectivity index is 1.95. The van der Waals surface area contributed by atoms with Crippen molar-refractivity contribution in [1.82, 2.24) is 4.90 Å². The molecule has 19 heavy (non-hydrogen) atoms. The molecule has 0 spiro atoms. The lowest BCUT2D eigenvalue weighted by atomic mass is 9.82. The van der Waals surface area contributed by atoms with Gasteiger partial charge in [0, 0.05) is 11.9 Å². The number of amides is 1. The molecule has 1 aliphatic rings. The van der Waals surface area contributed by atoms with Crippen LogP contribution in [0.5, 0.6) is 0 Å². The lowest BCUT2D eigenvalue weighted by Gasteiger charge is -2.34. The van der Waals surface area contributed by atoms with Crippen LogP contribution in [0.25, 0.3) is 0 Å². The minimum absolute atomic E-state index is 0.0466. The summed E-state index contributed by atoms with van der Waals surface area (Å²) in [6.07, 6.45) is 5.04. The van der Waals surface area contributed by atoms with Crippen LogP contribution in [0.15, 0.2) is 17.5 Å². The SMILES string of the molecule is CC(c1cccs1)N(C)C(=O)CC1(O)CCCCC1. The molecule has 1 saturated carbocycles. The van der Waals surface area contributed by atoms with Gasteiger partial charge < -0.3 is 10.0 Å². The van der Waals surface area contributed by atoms with E-state index in [1.165, 1.54) is 11.3 Å². The van der Waals surface area contributed by atoms with Crippen LogP contribution in [-0.4, -0.2) is 28.6 Å². The second-order valence-electron chi connectivity index (χ2n) is 5.66. The summed E-state index contributed by atoms with van der Waals surface area (Å²) in [4.78, 5) is 15.3. The topological polar surface area (TPSA) is 40.5 Å². The molecule has 1 aliphatic carbocycles. The fourth-order valence-corrected chi connectivity index (χ4v) is 3.56. The lowest BCUT2D eigenvalue weighted by Crippen LogP contribution is -2.39. The molecular weight excluding hydrogens is 258 g/mol. The molecule has 0 radical (unpaired) electrons. The predicted molar refractivity (Wildman–Crippen MR) is 78.2 cm³/mol. The minimum atomic E-state index is -0.765. The number of aliphatic hydroxyl groups is 1. The highest BCUT2D eigenvalue weighted by Crippen LogP contribution is 2.32. The van der Waals surface area contributed by atoms with Crippen molar-refractivity contribution in [3.05, 3.63) is 22.4 Å². The predicted octanol–water partition coefficient (Wildman–Crippen LogP) is 3.35. The summed E-state index contributed by atoms with van der Waals surface area (Å²) in [5.41, 5.74) is -0.765. The van der Waals surface area contributed by atoms with Crippen molar-refractivity contribution in [2.45, 2.75) is 57.1 Å². The van der Waals surface area contributed by atoms with Crippen LogP contribution in [0.3, 0.4) is 0 Å². The smallest absolute Gasteiger partial charge is 0.225 e. The van der Waals surface area contributed by atoms with Gasteiger partial charge in [-0.1, -0.05) is 25.3 Å². The standard InChI is InChI=1S/C15H23NO2S/c1-12(13-7-6-10-19-13)16(2)14(17)11-15(18)8-4-3-5-9-15/h6-7,10,12,18H,3-5,8-9,11H2,1-2H3. The van der Waals surface area contributed by atoms with E-state index < -0.39 is 5.60 Å². The molecule has 2 rings (SSSR count). The molecule has 1 atom stereocenters. The monoisotopic (exact) mass is 281 g/mol. The number of thiophene rings is 1. The van der Waals surface area contributed by atoms with Crippen molar-refractivity contribution < 1.29 is 9.90 Å². The molecule has 1 fully saturated rings. The van der Waals surface area contributed by atoms with E-state index in [4.69, 9.17) is 0 Å². The van der Waals surface area contributed by atoms with Crippen molar-refractivity contribution in [2.24, 2.45) is 0 Å². The zero-order valence-corrected chi connectivity index (χ0v) is 12.6. The second-order valence-corrected chi connectivity index (χ2v) is 6.64. The highest BCUT2D eigenvalue weighted by Gasteiger charge is 2.33. The first-order valence-electron chi connectivity index (χ1n) is 7.03. The van der Waals surface area contributed by atoms with E-state index in [-0.39, 0.29) is 18.4 Å². The number of rotatable bonds is 4. The Morgan fingerprint density at radius 2 is 2.16 bits per heavy atom. The molecular formula is C15H23NO2S. The van der Waals surface area contributed by atoms with E-state index in [9.17, 15) is 9.90 Å². The summed E-state index contributed by atoms with van der Waals surface area (Å²) in [5, 5.41) is 12.5. The number of nitrogens with zero attached hydrogens (tertiary/aromatic N) is 1. The Morgan fingerprint density at radius 1 is 1.47 bits per heavy atom. The van der Waals surface area contributed by atoms with Crippen LogP contribution in [0.2, 0.25) is 0 Å². The molecule has 0 aromatic carbocycles. The van der Waals surface area contributed by atoms with Crippen LogP contribution in [0.4, 0.5) is 0 Å². The summed E-state index contributed by atoms with van der Waals surface area (Å²) >= 11 is 1.67. The third kappa shape index (κ3) is 3.57. The fourth-order valence-electron chi connectivity index (χ4n) is 2.73. The van der Waals surface area contributed by atoms with Crippen molar-refractivity contribution >= 4 is 17.2 Å². The maximum absolute atomic E-state index is 12.3. The largest absolute Gasteiger partial charge is 0.389 e. The van der Waals surface area contributed by atoms with Gasteiger partial charge in [0.1, 0.15) is 0 Å². The molecule has 0 saturated heterocycles. The van der Waals surface area contributed by atoms with E-state index in [2.05, 4.69) is 6.07 Å². The van der Waals surface area contributed by atoms with Gasteiger partial charge in [0.25, 0.3) is 0 Å². The van der Waals surface area contributed by atoms with Crippen LogP contribution in [-0.2, 0) is 4.79 Å². The van der Waals surface area contributed by atoms with Crippen molar-refractivity contribution in [3.8, 4) is 0 Å². The number of hydrogen-bond donors (Lipinski definition) is 1. The van der Waals surface area contributed by atoms with Crippen LogP contribution in [0, 0.1) is 0 Å². The fraction of sp³-hybridized carbons (Fsp3) is 0.667. The summed E-state index contributed by atoms with van der Waals surface area (Å²) in [5.74, 6) is 0.0466. The number of carbonyl (C=O) groups excluding carboxylic acids is 1. The van der Waals surface area contributed by atoms with Gasteiger partial charge in [-0.25, -0.2) is 0 Å². The highest BCUT2D eigenvalue weighted by atomic mass is 32.1. The zero-order valence-electron chi connectivity index (χ0n) is 11.8. The number of hydrogen-bond acceptors (Lipinski definition) is 3. The molecule has 1 amide bonds. The molecule has 0 aliphatic heterocycles. The minimum Gasteiger partial charge on any atom is -0.389 e. The molecule has 1 heterocycles. The van der Waals surface area contributed by atoms with Gasteiger partial charge in [-0.15, -0.1) is 11.3 Å². The van der Waals surface area contributed by atoms with E-state index in [1.807, 2.05) is 25.4 Å². The maximum atomic E-state index is 12.3.